The van der Waals surface area contributed by atoms with Gasteiger partial charge in [-0.25, -0.2) is 0 Å². The first-order valence-corrected chi connectivity index (χ1v) is 26.2. The van der Waals surface area contributed by atoms with Crippen LogP contribution in [0, 0.1) is 17.8 Å². The van der Waals surface area contributed by atoms with Crippen LogP contribution in [0.3, 0.4) is 0 Å². The first-order chi connectivity index (χ1) is 35.1. The van der Waals surface area contributed by atoms with E-state index in [1.807, 2.05) is 0 Å². The maximum absolute atomic E-state index is 2.57. The molecule has 0 N–H and O–H groups in total. The number of rotatable bonds is 8. The lowest BCUT2D eigenvalue weighted by molar-refractivity contribution is -0.00513. The van der Waals surface area contributed by atoms with E-state index in [0.717, 1.165) is 34.8 Å². The number of nitrogens with zero attached hydrogens (tertiary/aromatic N) is 1. The van der Waals surface area contributed by atoms with E-state index < -0.39 is 10.8 Å². The van der Waals surface area contributed by atoms with Crippen LogP contribution < -0.4 is 4.90 Å². The molecule has 0 heterocycles. The summed E-state index contributed by atoms with van der Waals surface area (Å²) in [6, 6.07) is 92.2. The van der Waals surface area contributed by atoms with Gasteiger partial charge in [0.05, 0.1) is 10.8 Å². The van der Waals surface area contributed by atoms with Gasteiger partial charge in [-0.2, -0.15) is 0 Å². The van der Waals surface area contributed by atoms with Crippen LogP contribution in [0.4, 0.5) is 17.1 Å². The van der Waals surface area contributed by atoms with Crippen molar-refractivity contribution in [2.75, 3.05) is 4.90 Å². The van der Waals surface area contributed by atoms with Gasteiger partial charge < -0.3 is 4.90 Å². The van der Waals surface area contributed by atoms with Gasteiger partial charge in [-0.1, -0.05) is 206 Å². The van der Waals surface area contributed by atoms with Gasteiger partial charge in [0.2, 0.25) is 0 Å². The normalized spacial score (nSPS) is 21.3. The molecule has 4 fully saturated rings. The molecule has 4 bridgehead atoms. The molecule has 10 aromatic rings. The third-order valence-corrected chi connectivity index (χ3v) is 18.2. The van der Waals surface area contributed by atoms with Crippen LogP contribution in [0.5, 0.6) is 0 Å². The second kappa shape index (κ2) is 15.6. The van der Waals surface area contributed by atoms with Gasteiger partial charge in [0.15, 0.2) is 0 Å². The van der Waals surface area contributed by atoms with E-state index in [1.165, 1.54) is 116 Å². The van der Waals surface area contributed by atoms with Gasteiger partial charge in [-0.05, 0) is 181 Å². The summed E-state index contributed by atoms with van der Waals surface area (Å²) in [4.78, 5) is 2.48. The van der Waals surface area contributed by atoms with E-state index in [2.05, 4.69) is 248 Å². The van der Waals surface area contributed by atoms with Crippen molar-refractivity contribution < 1.29 is 0 Å². The maximum atomic E-state index is 2.57. The summed E-state index contributed by atoms with van der Waals surface area (Å²) in [6.07, 6.45) is 8.55. The number of hydrogen-bond donors (Lipinski definition) is 0. The Morgan fingerprint density at radius 1 is 0.282 bits per heavy atom. The Morgan fingerprint density at radius 3 is 1.03 bits per heavy atom. The highest BCUT2D eigenvalue weighted by atomic mass is 15.1. The van der Waals surface area contributed by atoms with Crippen molar-refractivity contribution in [2.45, 2.75) is 54.8 Å². The number of fused-ring (bicyclic) bond motifs is 7. The molecule has 340 valence electrons. The lowest BCUT2D eigenvalue weighted by atomic mass is 9.48. The van der Waals surface area contributed by atoms with Crippen LogP contribution in [-0.4, -0.2) is 0 Å². The van der Waals surface area contributed by atoms with Crippen molar-refractivity contribution in [3.8, 4) is 22.3 Å². The third kappa shape index (κ3) is 5.93. The molecule has 0 aliphatic heterocycles. The van der Waals surface area contributed by atoms with E-state index in [4.69, 9.17) is 0 Å². The zero-order chi connectivity index (χ0) is 46.7. The number of anilines is 3. The molecule has 1 nitrogen and oxygen atoms in total. The Hall–Kier alpha value is -7.74. The van der Waals surface area contributed by atoms with Crippen LogP contribution in [0.15, 0.2) is 243 Å². The van der Waals surface area contributed by atoms with Gasteiger partial charge in [0, 0.05) is 17.1 Å². The molecular formula is C70H55N. The highest BCUT2D eigenvalue weighted by Crippen LogP contribution is 2.62. The Balaban J connectivity index is 0.890. The molecular weight excluding hydrogens is 855 g/mol. The van der Waals surface area contributed by atoms with Crippen molar-refractivity contribution in [3.05, 3.63) is 293 Å². The SMILES string of the molecule is c1ccc(C2(c3ccc(N(c4ccc(C5(c6ccccc6)c6ccccc6-c6ccccc65)cc4)c4ccc5cc(C67CC8CC(CC(C8)C6)C7)ccc5c4)cc3)c3ccccc3-c3ccccc32)cc1. The van der Waals surface area contributed by atoms with Crippen molar-refractivity contribution in [2.24, 2.45) is 17.8 Å². The van der Waals surface area contributed by atoms with Gasteiger partial charge >= 0.3 is 0 Å². The molecule has 4 saturated carbocycles. The van der Waals surface area contributed by atoms with Gasteiger partial charge in [-0.3, -0.25) is 0 Å². The predicted octanol–water partition coefficient (Wildman–Crippen LogP) is 17.5. The fraction of sp³-hybridized carbons (Fsp3) is 0.171. The van der Waals surface area contributed by atoms with E-state index in [0.29, 0.717) is 5.41 Å². The molecule has 6 aliphatic carbocycles. The Labute approximate surface area is 418 Å². The topological polar surface area (TPSA) is 3.24 Å². The van der Waals surface area contributed by atoms with E-state index in [1.54, 1.807) is 5.56 Å². The predicted molar refractivity (Wildman–Crippen MR) is 293 cm³/mol. The summed E-state index contributed by atoms with van der Waals surface area (Å²) in [5.74, 6) is 2.77. The Morgan fingerprint density at radius 2 is 0.606 bits per heavy atom. The number of benzene rings is 10. The minimum atomic E-state index is -0.462. The summed E-state index contributed by atoms with van der Waals surface area (Å²) in [7, 11) is 0. The highest BCUT2D eigenvalue weighted by Gasteiger charge is 2.52. The Kier molecular flexibility index (Phi) is 9.04. The Bertz CT molecular complexity index is 3370. The summed E-state index contributed by atoms with van der Waals surface area (Å²) in [6.45, 7) is 0. The monoisotopic (exact) mass is 909 g/mol. The lowest BCUT2D eigenvalue weighted by Gasteiger charge is -2.57. The minimum Gasteiger partial charge on any atom is -0.310 e. The summed E-state index contributed by atoms with van der Waals surface area (Å²) < 4.78 is 0. The molecule has 10 aromatic carbocycles. The molecule has 0 radical (unpaired) electrons. The fourth-order valence-electron chi connectivity index (χ4n) is 15.8. The molecule has 0 saturated heterocycles. The van der Waals surface area contributed by atoms with Gasteiger partial charge in [-0.15, -0.1) is 0 Å². The van der Waals surface area contributed by atoms with Crippen molar-refractivity contribution in [1.29, 1.82) is 0 Å². The van der Waals surface area contributed by atoms with Crippen LogP contribution in [-0.2, 0) is 16.2 Å². The van der Waals surface area contributed by atoms with Crippen LogP contribution in [0.2, 0.25) is 0 Å². The van der Waals surface area contributed by atoms with Crippen LogP contribution in [0.25, 0.3) is 33.0 Å². The molecule has 0 unspecified atom stereocenters. The molecule has 0 aromatic heterocycles. The lowest BCUT2D eigenvalue weighted by Crippen LogP contribution is -2.48. The summed E-state index contributed by atoms with van der Waals surface area (Å²) >= 11 is 0. The fourth-order valence-corrected chi connectivity index (χ4v) is 15.8. The molecule has 16 rings (SSSR count). The van der Waals surface area contributed by atoms with Gasteiger partial charge in [0.25, 0.3) is 0 Å². The van der Waals surface area contributed by atoms with Crippen molar-refractivity contribution >= 4 is 27.8 Å². The molecule has 0 atom stereocenters. The van der Waals surface area contributed by atoms with Crippen molar-refractivity contribution in [1.82, 2.24) is 0 Å². The minimum absolute atomic E-state index is 0.367. The van der Waals surface area contributed by atoms with Gasteiger partial charge in [0.1, 0.15) is 0 Å². The molecule has 6 aliphatic rings. The first kappa shape index (κ1) is 41.1. The molecule has 0 amide bonds. The average Bonchev–Trinajstić information content (AvgIpc) is 3.90. The second-order valence-electron chi connectivity index (χ2n) is 21.8. The standard InChI is InChI=1S/C70H55N/c1-3-15-52(16-4-1)69(64-23-11-7-19-60(64)61-20-8-12-24-65(61)69)54-30-35-57(36-31-54)71(59-34-28-50-42-56(29-27-51(50)43-59)68-44-47-39-48(45-68)41-49(40-47)46-68)58-37-32-55(33-38-58)70(53-17-5-2-6-18-53)66-25-13-9-21-62(66)63-22-10-14-26-67(63)70/h1-38,42-43,47-49H,39-41,44-46H2. The average molecular weight is 910 g/mol. The summed E-state index contributed by atoms with van der Waals surface area (Å²) in [5, 5.41) is 2.64. The molecule has 1 heteroatoms. The van der Waals surface area contributed by atoms with Crippen LogP contribution in [0.1, 0.15) is 88.6 Å². The largest absolute Gasteiger partial charge is 0.310 e. The molecule has 0 spiro atoms. The highest BCUT2D eigenvalue weighted by molar-refractivity contribution is 5.92. The smallest absolute Gasteiger partial charge is 0.0713 e. The summed E-state index contributed by atoms with van der Waals surface area (Å²) in [5.41, 5.74) is 20.1. The van der Waals surface area contributed by atoms with E-state index in [9.17, 15) is 0 Å². The first-order valence-electron chi connectivity index (χ1n) is 26.2. The van der Waals surface area contributed by atoms with E-state index in [-0.39, 0.29) is 0 Å². The quantitative estimate of drug-likeness (QED) is 0.147. The maximum Gasteiger partial charge on any atom is 0.0713 e. The zero-order valence-corrected chi connectivity index (χ0v) is 40.0. The third-order valence-electron chi connectivity index (χ3n) is 18.2. The van der Waals surface area contributed by atoms with E-state index >= 15 is 0 Å². The second-order valence-corrected chi connectivity index (χ2v) is 21.8. The van der Waals surface area contributed by atoms with Crippen LogP contribution >= 0.6 is 0 Å². The van der Waals surface area contributed by atoms with Crippen molar-refractivity contribution in [3.63, 3.8) is 0 Å². The zero-order valence-electron chi connectivity index (χ0n) is 40.0. The molecule has 71 heavy (non-hydrogen) atoms. The number of hydrogen-bond acceptors (Lipinski definition) is 1.